The van der Waals surface area contributed by atoms with Gasteiger partial charge in [0.2, 0.25) is 0 Å². The normalized spacial score (nSPS) is 14.4. The quantitative estimate of drug-likeness (QED) is 0.451. The maximum Gasteiger partial charge on any atom is 0.165 e. The fraction of sp³-hybridized carbons (Fsp3) is 0.308. The smallest absolute Gasteiger partial charge is 0.165 e. The Morgan fingerprint density at radius 2 is 1.47 bits per heavy atom. The molecule has 0 spiro atoms. The molecule has 2 aromatic heterocycles. The second-order valence-corrected chi connectivity index (χ2v) is 8.27. The molecule has 1 aliphatic heterocycles. The van der Waals surface area contributed by atoms with Crippen molar-refractivity contribution in [2.24, 2.45) is 0 Å². The van der Waals surface area contributed by atoms with Gasteiger partial charge in [0.25, 0.3) is 0 Å². The Morgan fingerprint density at radius 1 is 0.800 bits per heavy atom. The molecule has 4 aromatic rings. The van der Waals surface area contributed by atoms with Crippen LogP contribution >= 0.6 is 0 Å². The molecule has 0 aliphatic carbocycles. The largest absolute Gasteiger partial charge is 0.356 e. The van der Waals surface area contributed by atoms with Gasteiger partial charge in [0.15, 0.2) is 5.65 Å². The van der Waals surface area contributed by atoms with E-state index in [9.17, 15) is 0 Å². The van der Waals surface area contributed by atoms with Crippen molar-refractivity contribution >= 4 is 11.5 Å². The minimum Gasteiger partial charge on any atom is -0.356 e. The molecule has 2 aromatic carbocycles. The number of nitrogens with zero attached hydrogens (tertiary/aromatic N) is 4. The predicted octanol–water partition coefficient (Wildman–Crippen LogP) is 5.59. The van der Waals surface area contributed by atoms with E-state index in [2.05, 4.69) is 83.9 Å². The van der Waals surface area contributed by atoms with Crippen LogP contribution in [0.4, 0.5) is 5.82 Å². The van der Waals surface area contributed by atoms with Crippen LogP contribution in [0.25, 0.3) is 16.8 Å². The highest BCUT2D eigenvalue weighted by Crippen LogP contribution is 2.34. The fourth-order valence-corrected chi connectivity index (χ4v) is 4.66. The zero-order valence-electron chi connectivity index (χ0n) is 17.8. The van der Waals surface area contributed by atoms with Crippen LogP contribution in [0.5, 0.6) is 0 Å². The van der Waals surface area contributed by atoms with E-state index in [1.54, 1.807) is 0 Å². The van der Waals surface area contributed by atoms with Crippen LogP contribution in [0.2, 0.25) is 0 Å². The third-order valence-corrected chi connectivity index (χ3v) is 6.16. The molecular formula is C26H28N4. The first-order valence-corrected chi connectivity index (χ1v) is 11.0. The maximum absolute atomic E-state index is 5.10. The molecule has 0 saturated carbocycles. The van der Waals surface area contributed by atoms with E-state index in [1.165, 1.54) is 41.8 Å². The number of piperidine rings is 1. The standard InChI is InChI=1S/C26H28N4/c1-19-23(18-21-12-6-3-7-13-21)26(29-16-10-5-11-17-29)30-25(27-19)24(20(2)28-30)22-14-8-4-9-15-22/h3-4,6-9,12-15H,5,10-11,16-18H2,1-2H3. The molecular weight excluding hydrogens is 368 g/mol. The van der Waals surface area contributed by atoms with Crippen molar-refractivity contribution in [3.63, 3.8) is 0 Å². The predicted molar refractivity (Wildman–Crippen MR) is 123 cm³/mol. The average molecular weight is 397 g/mol. The van der Waals surface area contributed by atoms with Crippen LogP contribution in [0.15, 0.2) is 60.7 Å². The lowest BCUT2D eigenvalue weighted by atomic mass is 10.0. The van der Waals surface area contributed by atoms with E-state index in [1.807, 2.05) is 0 Å². The molecule has 4 nitrogen and oxygen atoms in total. The first-order valence-electron chi connectivity index (χ1n) is 11.0. The first kappa shape index (κ1) is 18.9. The Bertz CT molecular complexity index is 1160. The Hall–Kier alpha value is -3.14. The number of rotatable bonds is 4. The summed E-state index contributed by atoms with van der Waals surface area (Å²) >= 11 is 0. The number of benzene rings is 2. The van der Waals surface area contributed by atoms with Gasteiger partial charge in [-0.15, -0.1) is 0 Å². The van der Waals surface area contributed by atoms with Gasteiger partial charge in [0.1, 0.15) is 5.82 Å². The molecule has 0 amide bonds. The molecule has 0 unspecified atom stereocenters. The molecule has 0 atom stereocenters. The third-order valence-electron chi connectivity index (χ3n) is 6.16. The van der Waals surface area contributed by atoms with Crippen LogP contribution in [0.3, 0.4) is 0 Å². The van der Waals surface area contributed by atoms with Crippen molar-refractivity contribution in [3.8, 4) is 11.1 Å². The third kappa shape index (κ3) is 3.36. The highest BCUT2D eigenvalue weighted by atomic mass is 15.4. The number of hydrogen-bond acceptors (Lipinski definition) is 3. The van der Waals surface area contributed by atoms with Crippen LogP contribution in [-0.4, -0.2) is 27.7 Å². The van der Waals surface area contributed by atoms with E-state index < -0.39 is 0 Å². The summed E-state index contributed by atoms with van der Waals surface area (Å²) in [6.45, 7) is 6.42. The second-order valence-electron chi connectivity index (χ2n) is 8.27. The van der Waals surface area contributed by atoms with Gasteiger partial charge in [-0.05, 0) is 44.2 Å². The van der Waals surface area contributed by atoms with Gasteiger partial charge in [-0.3, -0.25) is 0 Å². The number of anilines is 1. The average Bonchev–Trinajstić information content (AvgIpc) is 3.11. The highest BCUT2D eigenvalue weighted by molar-refractivity contribution is 5.81. The van der Waals surface area contributed by atoms with Crippen LogP contribution in [-0.2, 0) is 6.42 Å². The second kappa shape index (κ2) is 7.94. The first-order chi connectivity index (χ1) is 14.7. The fourth-order valence-electron chi connectivity index (χ4n) is 4.66. The topological polar surface area (TPSA) is 33.4 Å². The Morgan fingerprint density at radius 3 is 2.17 bits per heavy atom. The van der Waals surface area contributed by atoms with E-state index in [-0.39, 0.29) is 0 Å². The minimum atomic E-state index is 0.876. The lowest BCUT2D eigenvalue weighted by molar-refractivity contribution is 0.566. The van der Waals surface area contributed by atoms with Crippen molar-refractivity contribution in [2.75, 3.05) is 18.0 Å². The molecule has 0 N–H and O–H groups in total. The molecule has 1 saturated heterocycles. The summed E-state index contributed by atoms with van der Waals surface area (Å²) in [5.41, 5.74) is 8.02. The number of hydrogen-bond donors (Lipinski definition) is 0. The Balaban J connectivity index is 1.74. The summed E-state index contributed by atoms with van der Waals surface area (Å²) < 4.78 is 2.12. The maximum atomic E-state index is 5.10. The molecule has 5 rings (SSSR count). The van der Waals surface area contributed by atoms with E-state index >= 15 is 0 Å². The van der Waals surface area contributed by atoms with Gasteiger partial charge in [0.05, 0.1) is 5.69 Å². The Labute approximate surface area is 178 Å². The summed E-state index contributed by atoms with van der Waals surface area (Å²) in [4.78, 5) is 7.63. The highest BCUT2D eigenvalue weighted by Gasteiger charge is 2.24. The Kier molecular flexibility index (Phi) is 4.99. The molecule has 4 heteroatoms. The molecule has 30 heavy (non-hydrogen) atoms. The number of fused-ring (bicyclic) bond motifs is 1. The summed E-state index contributed by atoms with van der Waals surface area (Å²) in [6, 6.07) is 21.2. The van der Waals surface area contributed by atoms with Crippen LogP contribution < -0.4 is 4.90 Å². The summed E-state index contributed by atoms with van der Waals surface area (Å²) in [6.07, 6.45) is 4.66. The van der Waals surface area contributed by atoms with Crippen molar-refractivity contribution in [2.45, 2.75) is 39.5 Å². The van der Waals surface area contributed by atoms with E-state index in [0.717, 1.165) is 42.1 Å². The SMILES string of the molecule is Cc1nc2c(-c3ccccc3)c(C)nn2c(N2CCCCC2)c1Cc1ccccc1. The van der Waals surface area contributed by atoms with Gasteiger partial charge >= 0.3 is 0 Å². The number of aromatic nitrogens is 3. The molecule has 0 bridgehead atoms. The van der Waals surface area contributed by atoms with Crippen molar-refractivity contribution in [3.05, 3.63) is 83.2 Å². The summed E-state index contributed by atoms with van der Waals surface area (Å²) in [7, 11) is 0. The van der Waals surface area contributed by atoms with Gasteiger partial charge in [-0.25, -0.2) is 4.98 Å². The zero-order chi connectivity index (χ0) is 20.5. The molecule has 1 fully saturated rings. The lowest BCUT2D eigenvalue weighted by Gasteiger charge is -2.31. The molecule has 152 valence electrons. The molecule has 3 heterocycles. The van der Waals surface area contributed by atoms with Crippen molar-refractivity contribution in [1.82, 2.24) is 14.6 Å². The van der Waals surface area contributed by atoms with Crippen molar-refractivity contribution in [1.29, 1.82) is 0 Å². The van der Waals surface area contributed by atoms with Crippen molar-refractivity contribution < 1.29 is 0 Å². The molecule has 0 radical (unpaired) electrons. The lowest BCUT2D eigenvalue weighted by Crippen LogP contribution is -2.32. The monoisotopic (exact) mass is 396 g/mol. The van der Waals surface area contributed by atoms with Crippen LogP contribution in [0.1, 0.15) is 41.8 Å². The number of aryl methyl sites for hydroxylation is 2. The van der Waals surface area contributed by atoms with Gasteiger partial charge in [-0.1, -0.05) is 60.7 Å². The zero-order valence-corrected chi connectivity index (χ0v) is 17.8. The van der Waals surface area contributed by atoms with Gasteiger partial charge in [-0.2, -0.15) is 9.61 Å². The van der Waals surface area contributed by atoms with Gasteiger partial charge < -0.3 is 4.90 Å². The van der Waals surface area contributed by atoms with Gasteiger partial charge in [0, 0.05) is 36.3 Å². The summed E-state index contributed by atoms with van der Waals surface area (Å²) in [5, 5.41) is 5.02. The summed E-state index contributed by atoms with van der Waals surface area (Å²) in [5.74, 6) is 1.23. The van der Waals surface area contributed by atoms with E-state index in [4.69, 9.17) is 10.1 Å². The van der Waals surface area contributed by atoms with E-state index in [0.29, 0.717) is 0 Å². The molecule has 1 aliphatic rings. The van der Waals surface area contributed by atoms with Crippen LogP contribution in [0, 0.1) is 13.8 Å². The minimum absolute atomic E-state index is 0.876.